The molecule has 0 unspecified atom stereocenters. The standard InChI is InChI=1S/C26H30Cl2F2N4O3/c1-26(37,16-3-2-4-17(27)11-16)25(36)33-9-7-20(8-10-33)34-14-19(15-34)32-18-5-6-21(22(28)12-18)24(35)31-13-23(29)30/h2-6,11-12,19-20,23,32,37H,7-10,13-15H2,1H3,(H,31,35)/t26-/m0/s1. The Labute approximate surface area is 224 Å². The van der Waals surface area contributed by atoms with Crippen molar-refractivity contribution in [1.29, 1.82) is 0 Å². The van der Waals surface area contributed by atoms with Gasteiger partial charge in [-0.1, -0.05) is 35.3 Å². The molecule has 0 spiro atoms. The molecule has 2 heterocycles. The van der Waals surface area contributed by atoms with Gasteiger partial charge in [0, 0.05) is 42.9 Å². The van der Waals surface area contributed by atoms with E-state index in [2.05, 4.69) is 15.5 Å². The van der Waals surface area contributed by atoms with Crippen molar-refractivity contribution in [3.63, 3.8) is 0 Å². The molecule has 2 aromatic carbocycles. The molecular formula is C26H30Cl2F2N4O3. The van der Waals surface area contributed by atoms with Crippen molar-refractivity contribution in [3.05, 3.63) is 63.6 Å². The third kappa shape index (κ3) is 6.52. The molecule has 1 atom stereocenters. The monoisotopic (exact) mass is 554 g/mol. The van der Waals surface area contributed by atoms with Crippen LogP contribution in [0.15, 0.2) is 42.5 Å². The lowest BCUT2D eigenvalue weighted by Crippen LogP contribution is -2.61. The fourth-order valence-corrected chi connectivity index (χ4v) is 5.31. The molecule has 3 N–H and O–H groups in total. The Kier molecular flexibility index (Phi) is 8.58. The lowest BCUT2D eigenvalue weighted by Gasteiger charge is -2.48. The molecule has 2 aliphatic rings. The molecule has 37 heavy (non-hydrogen) atoms. The van der Waals surface area contributed by atoms with E-state index in [1.807, 2.05) is 0 Å². The van der Waals surface area contributed by atoms with Crippen molar-refractivity contribution in [3.8, 4) is 0 Å². The highest BCUT2D eigenvalue weighted by atomic mass is 35.5. The van der Waals surface area contributed by atoms with Crippen LogP contribution in [0.2, 0.25) is 10.0 Å². The number of nitrogens with one attached hydrogen (secondary N) is 2. The highest BCUT2D eigenvalue weighted by molar-refractivity contribution is 6.34. The lowest BCUT2D eigenvalue weighted by molar-refractivity contribution is -0.152. The molecule has 2 saturated heterocycles. The van der Waals surface area contributed by atoms with E-state index in [1.165, 1.54) is 13.0 Å². The maximum Gasteiger partial charge on any atom is 0.258 e. The number of amides is 2. The molecule has 11 heteroatoms. The van der Waals surface area contributed by atoms with Gasteiger partial charge in [0.1, 0.15) is 0 Å². The number of carbonyl (C=O) groups excluding carboxylic acids is 2. The molecule has 4 rings (SSSR count). The molecular weight excluding hydrogens is 525 g/mol. The van der Waals surface area contributed by atoms with Gasteiger partial charge in [0.05, 0.1) is 23.2 Å². The Morgan fingerprint density at radius 3 is 2.46 bits per heavy atom. The number of alkyl halides is 2. The number of aliphatic hydroxyl groups is 1. The van der Waals surface area contributed by atoms with Crippen LogP contribution in [-0.4, -0.2) is 78.0 Å². The van der Waals surface area contributed by atoms with E-state index in [1.54, 1.807) is 41.3 Å². The van der Waals surface area contributed by atoms with Crippen LogP contribution in [0.25, 0.3) is 0 Å². The van der Waals surface area contributed by atoms with Gasteiger partial charge in [0.2, 0.25) is 0 Å². The predicted molar refractivity (Wildman–Crippen MR) is 139 cm³/mol. The van der Waals surface area contributed by atoms with Crippen LogP contribution in [0.5, 0.6) is 0 Å². The normalized spacial score (nSPS) is 18.8. The minimum Gasteiger partial charge on any atom is -0.380 e. The van der Waals surface area contributed by atoms with Crippen LogP contribution in [0.1, 0.15) is 35.7 Å². The fraction of sp³-hybridized carbons (Fsp3) is 0.462. The minimum atomic E-state index is -2.62. The molecule has 0 saturated carbocycles. The molecule has 0 radical (unpaired) electrons. The number of nitrogens with zero attached hydrogens (tertiary/aromatic N) is 2. The number of benzene rings is 2. The SMILES string of the molecule is C[C@@](O)(C(=O)N1CCC(N2CC(Nc3ccc(C(=O)NCC(F)F)c(Cl)c3)C2)CC1)c1cccc(Cl)c1. The van der Waals surface area contributed by atoms with Gasteiger partial charge in [-0.25, -0.2) is 8.78 Å². The maximum atomic E-state index is 13.0. The van der Waals surface area contributed by atoms with E-state index in [-0.39, 0.29) is 22.5 Å². The van der Waals surface area contributed by atoms with Gasteiger partial charge in [-0.3, -0.25) is 14.5 Å². The van der Waals surface area contributed by atoms with E-state index < -0.39 is 24.5 Å². The topological polar surface area (TPSA) is 84.9 Å². The number of anilines is 1. The first-order chi connectivity index (χ1) is 17.5. The quantitative estimate of drug-likeness (QED) is 0.459. The van der Waals surface area contributed by atoms with E-state index in [0.29, 0.717) is 29.7 Å². The largest absolute Gasteiger partial charge is 0.380 e. The van der Waals surface area contributed by atoms with Crippen LogP contribution in [0, 0.1) is 0 Å². The second-order valence-corrected chi connectivity index (χ2v) is 10.5. The number of hydrogen-bond donors (Lipinski definition) is 3. The summed E-state index contributed by atoms with van der Waals surface area (Å²) in [5.74, 6) is -0.954. The molecule has 2 aromatic rings. The number of likely N-dealkylation sites (tertiary alicyclic amines) is 2. The first-order valence-electron chi connectivity index (χ1n) is 12.2. The Balaban J connectivity index is 1.23. The molecule has 2 fully saturated rings. The Morgan fingerprint density at radius 2 is 1.84 bits per heavy atom. The van der Waals surface area contributed by atoms with Crippen molar-refractivity contribution < 1.29 is 23.5 Å². The van der Waals surface area contributed by atoms with Crippen molar-refractivity contribution >= 4 is 40.7 Å². The summed E-state index contributed by atoms with van der Waals surface area (Å²) in [6.07, 6.45) is -0.988. The summed E-state index contributed by atoms with van der Waals surface area (Å²) >= 11 is 12.2. The van der Waals surface area contributed by atoms with Crippen molar-refractivity contribution in [2.24, 2.45) is 0 Å². The Hall–Kier alpha value is -2.46. The van der Waals surface area contributed by atoms with Crippen LogP contribution < -0.4 is 10.6 Å². The first-order valence-corrected chi connectivity index (χ1v) is 12.9. The average molecular weight is 555 g/mol. The summed E-state index contributed by atoms with van der Waals surface area (Å²) in [7, 11) is 0. The van der Waals surface area contributed by atoms with E-state index in [4.69, 9.17) is 23.2 Å². The Bertz CT molecular complexity index is 1140. The zero-order chi connectivity index (χ0) is 26.7. The van der Waals surface area contributed by atoms with E-state index in [0.717, 1.165) is 31.6 Å². The van der Waals surface area contributed by atoms with Gasteiger partial charge >= 0.3 is 0 Å². The highest BCUT2D eigenvalue weighted by Gasteiger charge is 2.40. The minimum absolute atomic E-state index is 0.152. The van der Waals surface area contributed by atoms with Crippen molar-refractivity contribution in [1.82, 2.24) is 15.1 Å². The molecule has 2 aliphatic heterocycles. The molecule has 0 bridgehead atoms. The van der Waals surface area contributed by atoms with Gasteiger partial charge in [-0.15, -0.1) is 0 Å². The Morgan fingerprint density at radius 1 is 1.14 bits per heavy atom. The summed E-state index contributed by atoms with van der Waals surface area (Å²) in [6, 6.07) is 12.1. The summed E-state index contributed by atoms with van der Waals surface area (Å²) in [5, 5.41) is 17.1. The predicted octanol–water partition coefficient (Wildman–Crippen LogP) is 3.98. The van der Waals surface area contributed by atoms with Crippen LogP contribution in [-0.2, 0) is 10.4 Å². The van der Waals surface area contributed by atoms with Crippen molar-refractivity contribution in [2.45, 2.75) is 43.9 Å². The third-order valence-electron chi connectivity index (χ3n) is 6.98. The zero-order valence-electron chi connectivity index (χ0n) is 20.4. The lowest BCUT2D eigenvalue weighted by atomic mass is 9.92. The number of piperidine rings is 1. The second-order valence-electron chi connectivity index (χ2n) is 9.70. The van der Waals surface area contributed by atoms with Crippen LogP contribution >= 0.6 is 23.2 Å². The summed E-state index contributed by atoms with van der Waals surface area (Å²) in [5.41, 5.74) is -0.252. The maximum absolute atomic E-state index is 13.0. The molecule has 2 amide bonds. The van der Waals surface area contributed by atoms with Gasteiger partial charge in [0.15, 0.2) is 5.60 Å². The summed E-state index contributed by atoms with van der Waals surface area (Å²) < 4.78 is 24.6. The van der Waals surface area contributed by atoms with Crippen molar-refractivity contribution in [2.75, 3.05) is 38.0 Å². The zero-order valence-corrected chi connectivity index (χ0v) is 21.9. The first kappa shape index (κ1) is 27.6. The summed E-state index contributed by atoms with van der Waals surface area (Å²) in [4.78, 5) is 29.1. The van der Waals surface area contributed by atoms with Gasteiger partial charge < -0.3 is 20.6 Å². The average Bonchev–Trinajstić information content (AvgIpc) is 2.84. The highest BCUT2D eigenvalue weighted by Crippen LogP contribution is 2.30. The second kappa shape index (κ2) is 11.5. The number of halogens is 4. The molecule has 0 aliphatic carbocycles. The smallest absolute Gasteiger partial charge is 0.258 e. The molecule has 0 aromatic heterocycles. The van der Waals surface area contributed by atoms with E-state index in [9.17, 15) is 23.5 Å². The molecule has 7 nitrogen and oxygen atoms in total. The number of rotatable bonds is 8. The number of hydrogen-bond acceptors (Lipinski definition) is 5. The van der Waals surface area contributed by atoms with Gasteiger partial charge in [-0.2, -0.15) is 0 Å². The van der Waals surface area contributed by atoms with Crippen LogP contribution in [0.4, 0.5) is 14.5 Å². The third-order valence-corrected chi connectivity index (χ3v) is 7.53. The van der Waals surface area contributed by atoms with E-state index >= 15 is 0 Å². The van der Waals surface area contributed by atoms with Gasteiger partial charge in [0.25, 0.3) is 18.2 Å². The summed E-state index contributed by atoms with van der Waals surface area (Å²) in [6.45, 7) is 3.58. The fourth-order valence-electron chi connectivity index (χ4n) is 4.85. The number of carbonyl (C=O) groups is 2. The van der Waals surface area contributed by atoms with Crippen LogP contribution in [0.3, 0.4) is 0 Å². The molecule has 200 valence electrons. The van der Waals surface area contributed by atoms with Gasteiger partial charge in [-0.05, 0) is 55.7 Å².